The molecule has 0 aromatic heterocycles. The second kappa shape index (κ2) is 2.69. The lowest BCUT2D eigenvalue weighted by Gasteiger charge is -2.10. The minimum atomic E-state index is 0.291. The summed E-state index contributed by atoms with van der Waals surface area (Å²) in [6.07, 6.45) is 1.22. The number of hydrogen-bond acceptors (Lipinski definition) is 2. The van der Waals surface area contributed by atoms with Crippen LogP contribution in [0.25, 0.3) is 0 Å². The maximum atomic E-state index is 5.07. The molecule has 0 amide bonds. The highest BCUT2D eigenvalue weighted by Gasteiger charge is 2.21. The van der Waals surface area contributed by atoms with Gasteiger partial charge in [0.05, 0.1) is 0 Å². The highest BCUT2D eigenvalue weighted by Crippen LogP contribution is 2.20. The van der Waals surface area contributed by atoms with E-state index in [2.05, 4.69) is 34.9 Å². The van der Waals surface area contributed by atoms with Gasteiger partial charge in [0.15, 0.2) is 0 Å². The van der Waals surface area contributed by atoms with E-state index in [1.807, 2.05) is 0 Å². The molecule has 1 atom stereocenters. The van der Waals surface area contributed by atoms with Crippen molar-refractivity contribution in [3.05, 3.63) is 0 Å². The van der Waals surface area contributed by atoms with E-state index in [9.17, 15) is 0 Å². The fourth-order valence-corrected chi connectivity index (χ4v) is 1.13. The van der Waals surface area contributed by atoms with Gasteiger partial charge in [-0.1, -0.05) is 19.0 Å². The molecule has 0 aromatic carbocycles. The zero-order valence-electron chi connectivity index (χ0n) is 5.60. The molecular weight excluding hydrogens is 182 g/mol. The van der Waals surface area contributed by atoms with Gasteiger partial charge in [0, 0.05) is 6.42 Å². The molecule has 3 heteroatoms. The van der Waals surface area contributed by atoms with Crippen LogP contribution in [0.15, 0.2) is 5.16 Å². The van der Waals surface area contributed by atoms with E-state index < -0.39 is 0 Å². The van der Waals surface area contributed by atoms with Crippen LogP contribution in [-0.4, -0.2) is 10.7 Å². The normalized spacial score (nSPS) is 26.2. The largest absolute Gasteiger partial charge is 0.391 e. The molecule has 1 heterocycles. The van der Waals surface area contributed by atoms with Gasteiger partial charge in [0.2, 0.25) is 0 Å². The summed E-state index contributed by atoms with van der Waals surface area (Å²) in [5, 5.41) is 3.77. The van der Waals surface area contributed by atoms with Crippen LogP contribution in [0, 0.1) is 5.92 Å². The van der Waals surface area contributed by atoms with Gasteiger partial charge < -0.3 is 4.84 Å². The van der Waals surface area contributed by atoms with Gasteiger partial charge >= 0.3 is 0 Å². The third kappa shape index (κ3) is 1.68. The molecule has 1 aliphatic rings. The van der Waals surface area contributed by atoms with Crippen LogP contribution >= 0.6 is 15.9 Å². The quantitative estimate of drug-likeness (QED) is 0.623. The molecule has 0 aliphatic carbocycles. The molecule has 0 N–H and O–H groups in total. The molecule has 0 radical (unpaired) electrons. The topological polar surface area (TPSA) is 21.6 Å². The molecule has 1 aliphatic heterocycles. The summed E-state index contributed by atoms with van der Waals surface area (Å²) in [4.78, 5) is 5.07. The maximum Gasteiger partial charge on any atom is 0.136 e. The van der Waals surface area contributed by atoms with Crippen LogP contribution in [-0.2, 0) is 4.84 Å². The van der Waals surface area contributed by atoms with Crippen molar-refractivity contribution < 1.29 is 4.84 Å². The lowest BCUT2D eigenvalue weighted by atomic mass is 10.1. The summed E-state index contributed by atoms with van der Waals surface area (Å²) in [5.41, 5.74) is 0. The van der Waals surface area contributed by atoms with E-state index >= 15 is 0 Å². The molecule has 1 unspecified atom stereocenters. The first-order valence-corrected chi connectivity index (χ1v) is 3.87. The Bertz CT molecular complexity index is 133. The van der Waals surface area contributed by atoms with Crippen molar-refractivity contribution in [1.82, 2.24) is 0 Å². The number of nitrogens with zero attached hydrogens (tertiary/aromatic N) is 1. The number of oxime groups is 1. The number of rotatable bonds is 1. The summed E-state index contributed by atoms with van der Waals surface area (Å²) < 4.78 is 0.932. The summed E-state index contributed by atoms with van der Waals surface area (Å²) >= 11 is 3.27. The smallest absolute Gasteiger partial charge is 0.136 e. The molecule has 0 spiro atoms. The first-order valence-electron chi connectivity index (χ1n) is 3.08. The highest BCUT2D eigenvalue weighted by molar-refractivity contribution is 9.18. The van der Waals surface area contributed by atoms with Gasteiger partial charge in [-0.15, -0.1) is 0 Å². The fourth-order valence-electron chi connectivity index (χ4n) is 0.723. The average molecular weight is 192 g/mol. The van der Waals surface area contributed by atoms with Gasteiger partial charge in [0.25, 0.3) is 0 Å². The van der Waals surface area contributed by atoms with Crippen molar-refractivity contribution in [2.45, 2.75) is 26.4 Å². The Morgan fingerprint density at radius 2 is 2.44 bits per heavy atom. The molecule has 0 fully saturated rings. The standard InChI is InChI=1S/C6H10BrNO/c1-4(2)5-3-6(7)8-9-5/h4-5H,3H2,1-2H3. The SMILES string of the molecule is CC(C)C1CC(Br)=NO1. The van der Waals surface area contributed by atoms with Crippen LogP contribution < -0.4 is 0 Å². The van der Waals surface area contributed by atoms with E-state index in [-0.39, 0.29) is 0 Å². The third-order valence-electron chi connectivity index (χ3n) is 1.40. The summed E-state index contributed by atoms with van der Waals surface area (Å²) in [7, 11) is 0. The van der Waals surface area contributed by atoms with Gasteiger partial charge in [-0.3, -0.25) is 0 Å². The van der Waals surface area contributed by atoms with Gasteiger partial charge in [-0.05, 0) is 21.8 Å². The van der Waals surface area contributed by atoms with E-state index in [4.69, 9.17) is 4.84 Å². The first kappa shape index (κ1) is 7.06. The van der Waals surface area contributed by atoms with E-state index in [0.717, 1.165) is 11.0 Å². The Balaban J connectivity index is 2.37. The monoisotopic (exact) mass is 191 g/mol. The number of halogens is 1. The predicted molar refractivity (Wildman–Crippen MR) is 40.7 cm³/mol. The maximum absolute atomic E-state index is 5.07. The summed E-state index contributed by atoms with van der Waals surface area (Å²) in [6.45, 7) is 4.26. The Labute approximate surface area is 63.4 Å². The van der Waals surface area contributed by atoms with Crippen LogP contribution in [0.2, 0.25) is 0 Å². The van der Waals surface area contributed by atoms with Crippen LogP contribution in [0.4, 0.5) is 0 Å². The van der Waals surface area contributed by atoms with Crippen LogP contribution in [0.5, 0.6) is 0 Å². The van der Waals surface area contributed by atoms with E-state index in [1.54, 1.807) is 0 Å². The number of hydrogen-bond donors (Lipinski definition) is 0. The molecule has 0 aromatic rings. The minimum Gasteiger partial charge on any atom is -0.391 e. The van der Waals surface area contributed by atoms with Crippen molar-refractivity contribution in [2.75, 3.05) is 0 Å². The fraction of sp³-hybridized carbons (Fsp3) is 0.833. The zero-order chi connectivity index (χ0) is 6.85. The summed E-state index contributed by atoms with van der Waals surface area (Å²) in [5.74, 6) is 0.559. The average Bonchev–Trinajstić information content (AvgIpc) is 2.14. The van der Waals surface area contributed by atoms with Crippen molar-refractivity contribution in [3.8, 4) is 0 Å². The van der Waals surface area contributed by atoms with E-state index in [1.165, 1.54) is 0 Å². The molecular formula is C6H10BrNO. The molecule has 2 nitrogen and oxygen atoms in total. The second-order valence-electron chi connectivity index (χ2n) is 2.56. The lowest BCUT2D eigenvalue weighted by molar-refractivity contribution is 0.0521. The third-order valence-corrected chi connectivity index (χ3v) is 1.87. The molecule has 0 saturated heterocycles. The van der Waals surface area contributed by atoms with Crippen molar-refractivity contribution in [3.63, 3.8) is 0 Å². The minimum absolute atomic E-state index is 0.291. The van der Waals surface area contributed by atoms with E-state index in [0.29, 0.717) is 12.0 Å². The Morgan fingerprint density at radius 1 is 1.78 bits per heavy atom. The molecule has 0 saturated carbocycles. The second-order valence-corrected chi connectivity index (χ2v) is 3.47. The Kier molecular flexibility index (Phi) is 2.11. The molecule has 9 heavy (non-hydrogen) atoms. The lowest BCUT2D eigenvalue weighted by Crippen LogP contribution is -2.13. The van der Waals surface area contributed by atoms with Crippen LogP contribution in [0.3, 0.4) is 0 Å². The summed E-state index contributed by atoms with van der Waals surface area (Å²) in [6, 6.07) is 0. The van der Waals surface area contributed by atoms with Crippen molar-refractivity contribution >= 4 is 20.6 Å². The Hall–Kier alpha value is -0.0500. The predicted octanol–water partition coefficient (Wildman–Crippen LogP) is 2.14. The van der Waals surface area contributed by atoms with Crippen molar-refractivity contribution in [2.24, 2.45) is 11.1 Å². The Morgan fingerprint density at radius 3 is 2.67 bits per heavy atom. The molecule has 1 rings (SSSR count). The van der Waals surface area contributed by atoms with Crippen molar-refractivity contribution in [1.29, 1.82) is 0 Å². The zero-order valence-corrected chi connectivity index (χ0v) is 7.18. The van der Waals surface area contributed by atoms with Gasteiger partial charge in [-0.25, -0.2) is 0 Å². The van der Waals surface area contributed by atoms with Gasteiger partial charge in [0.1, 0.15) is 10.7 Å². The first-order chi connectivity index (χ1) is 4.20. The molecule has 52 valence electrons. The highest BCUT2D eigenvalue weighted by atomic mass is 79.9. The van der Waals surface area contributed by atoms with Gasteiger partial charge in [-0.2, -0.15) is 0 Å². The molecule has 0 bridgehead atoms. The van der Waals surface area contributed by atoms with Crippen LogP contribution in [0.1, 0.15) is 20.3 Å².